The Kier molecular flexibility index (Phi) is 3.74. The standard InChI is InChI=1S/C11H18N2/c1-3-9(2)4-5-10-8-13-7-6-11(10)12/h6-9H,3-5H2,1-2H3,(H2,12,13). The Morgan fingerprint density at radius 2 is 2.31 bits per heavy atom. The minimum absolute atomic E-state index is 0.777. The molecule has 0 aromatic carbocycles. The van der Waals surface area contributed by atoms with Crippen LogP contribution in [0, 0.1) is 5.92 Å². The lowest BCUT2D eigenvalue weighted by Gasteiger charge is -2.08. The molecule has 0 spiro atoms. The number of hydrogen-bond acceptors (Lipinski definition) is 2. The summed E-state index contributed by atoms with van der Waals surface area (Å²) in [6.45, 7) is 4.49. The van der Waals surface area contributed by atoms with E-state index >= 15 is 0 Å². The number of hydrogen-bond donors (Lipinski definition) is 1. The Bertz CT molecular complexity index is 258. The molecule has 0 aliphatic carbocycles. The van der Waals surface area contributed by atoms with E-state index in [0.717, 1.165) is 18.0 Å². The molecule has 1 aromatic heterocycles. The first-order chi connectivity index (χ1) is 6.24. The van der Waals surface area contributed by atoms with Gasteiger partial charge < -0.3 is 5.73 Å². The molecule has 0 saturated heterocycles. The van der Waals surface area contributed by atoms with E-state index in [1.165, 1.54) is 18.4 Å². The summed E-state index contributed by atoms with van der Waals surface area (Å²) in [6, 6.07) is 1.87. The summed E-state index contributed by atoms with van der Waals surface area (Å²) in [5.41, 5.74) is 7.86. The summed E-state index contributed by atoms with van der Waals surface area (Å²) in [5, 5.41) is 0. The van der Waals surface area contributed by atoms with Gasteiger partial charge in [-0.05, 0) is 30.4 Å². The number of aromatic nitrogens is 1. The van der Waals surface area contributed by atoms with E-state index in [1.807, 2.05) is 12.3 Å². The van der Waals surface area contributed by atoms with Crippen LogP contribution < -0.4 is 5.73 Å². The number of rotatable bonds is 4. The van der Waals surface area contributed by atoms with Gasteiger partial charge in [0.1, 0.15) is 0 Å². The molecule has 0 saturated carbocycles. The van der Waals surface area contributed by atoms with Crippen molar-refractivity contribution in [1.29, 1.82) is 0 Å². The molecule has 0 bridgehead atoms. The van der Waals surface area contributed by atoms with Crippen molar-refractivity contribution in [2.75, 3.05) is 5.73 Å². The number of pyridine rings is 1. The predicted octanol–water partition coefficient (Wildman–Crippen LogP) is 2.64. The molecular weight excluding hydrogens is 160 g/mol. The molecule has 0 amide bonds. The van der Waals surface area contributed by atoms with E-state index in [2.05, 4.69) is 18.8 Å². The first-order valence-electron chi connectivity index (χ1n) is 4.92. The molecule has 1 rings (SSSR count). The van der Waals surface area contributed by atoms with Crippen molar-refractivity contribution >= 4 is 5.69 Å². The van der Waals surface area contributed by atoms with Gasteiger partial charge >= 0.3 is 0 Å². The summed E-state index contributed by atoms with van der Waals surface area (Å²) in [6.07, 6.45) is 7.10. The quantitative estimate of drug-likeness (QED) is 0.769. The first-order valence-corrected chi connectivity index (χ1v) is 4.92. The van der Waals surface area contributed by atoms with Crippen molar-refractivity contribution in [3.8, 4) is 0 Å². The highest BCUT2D eigenvalue weighted by Crippen LogP contribution is 2.15. The maximum Gasteiger partial charge on any atom is 0.0377 e. The van der Waals surface area contributed by atoms with E-state index < -0.39 is 0 Å². The van der Waals surface area contributed by atoms with Crippen LogP contribution in [0.3, 0.4) is 0 Å². The summed E-state index contributed by atoms with van der Waals surface area (Å²) in [5.74, 6) is 0.777. The van der Waals surface area contributed by atoms with Crippen LogP contribution in [0.2, 0.25) is 0 Å². The van der Waals surface area contributed by atoms with Crippen molar-refractivity contribution in [3.63, 3.8) is 0 Å². The van der Waals surface area contributed by atoms with Crippen molar-refractivity contribution in [1.82, 2.24) is 4.98 Å². The molecule has 72 valence electrons. The van der Waals surface area contributed by atoms with Gasteiger partial charge in [-0.15, -0.1) is 0 Å². The van der Waals surface area contributed by atoms with Crippen LogP contribution in [0.4, 0.5) is 5.69 Å². The SMILES string of the molecule is CCC(C)CCc1cnccc1N. The van der Waals surface area contributed by atoms with E-state index in [1.54, 1.807) is 6.20 Å². The fraction of sp³-hybridized carbons (Fsp3) is 0.545. The highest BCUT2D eigenvalue weighted by atomic mass is 14.7. The van der Waals surface area contributed by atoms with Crippen molar-refractivity contribution in [3.05, 3.63) is 24.0 Å². The maximum atomic E-state index is 5.81. The number of anilines is 1. The molecule has 2 nitrogen and oxygen atoms in total. The maximum absolute atomic E-state index is 5.81. The summed E-state index contributed by atoms with van der Waals surface area (Å²) in [4.78, 5) is 4.07. The van der Waals surface area contributed by atoms with Crippen LogP contribution in [0.15, 0.2) is 18.5 Å². The summed E-state index contributed by atoms with van der Waals surface area (Å²) >= 11 is 0. The van der Waals surface area contributed by atoms with Gasteiger partial charge in [-0.2, -0.15) is 0 Å². The number of nitrogen functional groups attached to an aromatic ring is 1. The molecule has 1 heterocycles. The highest BCUT2D eigenvalue weighted by Gasteiger charge is 2.02. The van der Waals surface area contributed by atoms with Gasteiger partial charge in [0.05, 0.1) is 0 Å². The monoisotopic (exact) mass is 178 g/mol. The van der Waals surface area contributed by atoms with Gasteiger partial charge in [-0.3, -0.25) is 4.98 Å². The lowest BCUT2D eigenvalue weighted by molar-refractivity contribution is 0.516. The van der Waals surface area contributed by atoms with Gasteiger partial charge in [0.2, 0.25) is 0 Å². The first kappa shape index (κ1) is 10.0. The Balaban J connectivity index is 2.50. The van der Waals surface area contributed by atoms with E-state index in [4.69, 9.17) is 5.73 Å². The van der Waals surface area contributed by atoms with E-state index in [0.29, 0.717) is 0 Å². The van der Waals surface area contributed by atoms with Gasteiger partial charge in [0.15, 0.2) is 0 Å². The fourth-order valence-electron chi connectivity index (χ4n) is 1.25. The van der Waals surface area contributed by atoms with Crippen LogP contribution in [-0.2, 0) is 6.42 Å². The summed E-state index contributed by atoms with van der Waals surface area (Å²) in [7, 11) is 0. The van der Waals surface area contributed by atoms with Crippen molar-refractivity contribution < 1.29 is 0 Å². The molecular formula is C11H18N2. The van der Waals surface area contributed by atoms with Gasteiger partial charge in [0.25, 0.3) is 0 Å². The lowest BCUT2D eigenvalue weighted by atomic mass is 9.99. The van der Waals surface area contributed by atoms with Crippen LogP contribution >= 0.6 is 0 Å². The number of nitrogens with zero attached hydrogens (tertiary/aromatic N) is 1. The third-order valence-corrected chi connectivity index (χ3v) is 2.54. The highest BCUT2D eigenvalue weighted by molar-refractivity contribution is 5.44. The summed E-state index contributed by atoms with van der Waals surface area (Å²) < 4.78 is 0. The average Bonchev–Trinajstić information content (AvgIpc) is 2.16. The van der Waals surface area contributed by atoms with Gasteiger partial charge in [0, 0.05) is 18.1 Å². The van der Waals surface area contributed by atoms with Gasteiger partial charge in [-0.25, -0.2) is 0 Å². The Labute approximate surface area is 80.2 Å². The van der Waals surface area contributed by atoms with E-state index in [-0.39, 0.29) is 0 Å². The predicted molar refractivity (Wildman–Crippen MR) is 56.4 cm³/mol. The smallest absolute Gasteiger partial charge is 0.0377 e. The molecule has 0 aliphatic heterocycles. The molecule has 2 heteroatoms. The fourth-order valence-corrected chi connectivity index (χ4v) is 1.25. The molecule has 0 fully saturated rings. The molecule has 0 radical (unpaired) electrons. The second kappa shape index (κ2) is 4.85. The average molecular weight is 178 g/mol. The number of aryl methyl sites for hydroxylation is 1. The van der Waals surface area contributed by atoms with Crippen molar-refractivity contribution in [2.45, 2.75) is 33.1 Å². The largest absolute Gasteiger partial charge is 0.398 e. The third-order valence-electron chi connectivity index (χ3n) is 2.54. The lowest BCUT2D eigenvalue weighted by Crippen LogP contribution is -1.99. The van der Waals surface area contributed by atoms with Crippen LogP contribution in [0.1, 0.15) is 32.3 Å². The molecule has 0 aliphatic rings. The zero-order valence-corrected chi connectivity index (χ0v) is 8.46. The minimum atomic E-state index is 0.777. The van der Waals surface area contributed by atoms with Crippen LogP contribution in [-0.4, -0.2) is 4.98 Å². The Morgan fingerprint density at radius 1 is 1.54 bits per heavy atom. The zero-order valence-electron chi connectivity index (χ0n) is 8.46. The van der Waals surface area contributed by atoms with Gasteiger partial charge in [-0.1, -0.05) is 20.3 Å². The normalized spacial score (nSPS) is 12.8. The molecule has 2 N–H and O–H groups in total. The molecule has 1 unspecified atom stereocenters. The second-order valence-electron chi connectivity index (χ2n) is 3.63. The zero-order chi connectivity index (χ0) is 9.68. The topological polar surface area (TPSA) is 38.9 Å². The van der Waals surface area contributed by atoms with Crippen LogP contribution in [0.5, 0.6) is 0 Å². The van der Waals surface area contributed by atoms with E-state index in [9.17, 15) is 0 Å². The second-order valence-corrected chi connectivity index (χ2v) is 3.63. The van der Waals surface area contributed by atoms with Crippen LogP contribution in [0.25, 0.3) is 0 Å². The minimum Gasteiger partial charge on any atom is -0.398 e. The molecule has 1 atom stereocenters. The Morgan fingerprint density at radius 3 is 2.92 bits per heavy atom. The third kappa shape index (κ3) is 3.05. The van der Waals surface area contributed by atoms with Crippen molar-refractivity contribution in [2.24, 2.45) is 5.92 Å². The Hall–Kier alpha value is -1.05. The molecule has 1 aromatic rings. The molecule has 13 heavy (non-hydrogen) atoms. The number of nitrogens with two attached hydrogens (primary N) is 1.